The molecule has 3 aromatic rings. The lowest BCUT2D eigenvalue weighted by atomic mass is 10.2. The van der Waals surface area contributed by atoms with Crippen LogP contribution in [0.3, 0.4) is 0 Å². The molecule has 1 fully saturated rings. The number of sulfonamides is 1. The molecule has 1 aliphatic heterocycles. The average molecular weight is 491 g/mol. The Kier molecular flexibility index (Phi) is 6.76. The van der Waals surface area contributed by atoms with Gasteiger partial charge in [0.05, 0.1) is 53.7 Å². The Labute approximate surface area is 198 Å². The van der Waals surface area contributed by atoms with Crippen LogP contribution in [0, 0.1) is 0 Å². The van der Waals surface area contributed by atoms with Crippen molar-refractivity contribution in [1.29, 1.82) is 0 Å². The zero-order chi connectivity index (χ0) is 24.5. The normalized spacial score (nSPS) is 14.4. The summed E-state index contributed by atoms with van der Waals surface area (Å²) in [4.78, 5) is 14.4. The number of rotatable bonds is 8. The molecule has 0 radical (unpaired) electrons. The first-order valence-corrected chi connectivity index (χ1v) is 12.7. The van der Waals surface area contributed by atoms with Gasteiger partial charge in [-0.15, -0.1) is 0 Å². The van der Waals surface area contributed by atoms with Crippen LogP contribution < -0.4 is 24.8 Å². The van der Waals surface area contributed by atoms with Gasteiger partial charge in [0.25, 0.3) is 10.0 Å². The Morgan fingerprint density at radius 3 is 2.26 bits per heavy atom. The van der Waals surface area contributed by atoms with Gasteiger partial charge >= 0.3 is 5.69 Å². The summed E-state index contributed by atoms with van der Waals surface area (Å²) in [6.07, 6.45) is 0. The summed E-state index contributed by atoms with van der Waals surface area (Å²) in [5, 5.41) is 0. The van der Waals surface area contributed by atoms with E-state index in [-0.39, 0.29) is 16.3 Å². The van der Waals surface area contributed by atoms with Gasteiger partial charge in [-0.2, -0.15) is 0 Å². The topological polar surface area (TPSA) is 104 Å². The number of nitrogens with zero attached hydrogens (tertiary/aromatic N) is 3. The van der Waals surface area contributed by atoms with Crippen LogP contribution in [0.4, 0.5) is 11.4 Å². The molecule has 0 atom stereocenters. The number of benzene rings is 2. The van der Waals surface area contributed by atoms with Crippen LogP contribution in [-0.2, 0) is 28.9 Å². The predicted octanol–water partition coefficient (Wildman–Crippen LogP) is 2.31. The van der Waals surface area contributed by atoms with E-state index in [1.807, 2.05) is 19.9 Å². The van der Waals surface area contributed by atoms with Crippen LogP contribution in [0.15, 0.2) is 40.0 Å². The second kappa shape index (κ2) is 9.59. The molecular formula is C23H30N4O6S. The molecule has 0 spiro atoms. The van der Waals surface area contributed by atoms with E-state index in [4.69, 9.17) is 14.2 Å². The Morgan fingerprint density at radius 2 is 1.59 bits per heavy atom. The van der Waals surface area contributed by atoms with Crippen LogP contribution in [0.25, 0.3) is 11.0 Å². The molecule has 0 amide bonds. The van der Waals surface area contributed by atoms with Crippen molar-refractivity contribution in [3.8, 4) is 11.5 Å². The maximum atomic E-state index is 13.3. The second-order valence-electron chi connectivity index (χ2n) is 7.94. The molecule has 184 valence electrons. The summed E-state index contributed by atoms with van der Waals surface area (Å²) in [6, 6.07) is 8.07. The molecule has 0 unspecified atom stereocenters. The van der Waals surface area contributed by atoms with Crippen molar-refractivity contribution in [3.05, 3.63) is 40.8 Å². The van der Waals surface area contributed by atoms with Gasteiger partial charge in [-0.3, -0.25) is 13.9 Å². The molecule has 1 aliphatic rings. The number of imidazole rings is 1. The molecule has 10 nitrogen and oxygen atoms in total. The largest absolute Gasteiger partial charge is 0.492 e. The van der Waals surface area contributed by atoms with E-state index in [0.29, 0.717) is 62.0 Å². The quantitative estimate of drug-likeness (QED) is 0.517. The van der Waals surface area contributed by atoms with Gasteiger partial charge in [-0.25, -0.2) is 13.2 Å². The maximum Gasteiger partial charge on any atom is 0.328 e. The van der Waals surface area contributed by atoms with E-state index in [1.165, 1.54) is 21.3 Å². The van der Waals surface area contributed by atoms with Gasteiger partial charge in [-0.1, -0.05) is 0 Å². The van der Waals surface area contributed by atoms with E-state index >= 15 is 0 Å². The summed E-state index contributed by atoms with van der Waals surface area (Å²) in [5.41, 5.74) is 2.06. The minimum atomic E-state index is -3.98. The minimum Gasteiger partial charge on any atom is -0.492 e. The highest BCUT2D eigenvalue weighted by molar-refractivity contribution is 7.92. The first kappa shape index (κ1) is 24.0. The summed E-state index contributed by atoms with van der Waals surface area (Å²) in [6.45, 7) is 7.12. The fourth-order valence-corrected chi connectivity index (χ4v) is 5.16. The smallest absolute Gasteiger partial charge is 0.328 e. The summed E-state index contributed by atoms with van der Waals surface area (Å²) < 4.78 is 49.3. The molecule has 2 heterocycles. The van der Waals surface area contributed by atoms with Gasteiger partial charge in [0.15, 0.2) is 0 Å². The van der Waals surface area contributed by atoms with Gasteiger partial charge in [0.2, 0.25) is 0 Å². The first-order valence-electron chi connectivity index (χ1n) is 11.2. The molecule has 0 bridgehead atoms. The molecule has 11 heteroatoms. The van der Waals surface area contributed by atoms with Crippen LogP contribution in [0.5, 0.6) is 11.5 Å². The maximum absolute atomic E-state index is 13.3. The Bertz CT molecular complexity index is 1360. The minimum absolute atomic E-state index is 0.0406. The highest BCUT2D eigenvalue weighted by Gasteiger charge is 2.23. The third-order valence-electron chi connectivity index (χ3n) is 5.81. The summed E-state index contributed by atoms with van der Waals surface area (Å²) in [5.74, 6) is 0.968. The van der Waals surface area contributed by atoms with E-state index in [9.17, 15) is 13.2 Å². The van der Waals surface area contributed by atoms with Crippen molar-refractivity contribution < 1.29 is 22.6 Å². The molecule has 0 aliphatic carbocycles. The lowest BCUT2D eigenvalue weighted by Gasteiger charge is -2.31. The van der Waals surface area contributed by atoms with E-state index < -0.39 is 10.0 Å². The SMILES string of the molecule is CCOc1cc(N2CCOCC2)c(OCC)cc1NS(=O)(=O)c1ccc2c(c1)n(C)c(=O)n2C. The number of aromatic nitrogens is 2. The lowest BCUT2D eigenvalue weighted by Crippen LogP contribution is -2.36. The van der Waals surface area contributed by atoms with Gasteiger partial charge in [0, 0.05) is 39.3 Å². The van der Waals surface area contributed by atoms with Crippen molar-refractivity contribution in [2.24, 2.45) is 14.1 Å². The fourth-order valence-electron chi connectivity index (χ4n) is 4.08. The lowest BCUT2D eigenvalue weighted by molar-refractivity contribution is 0.122. The van der Waals surface area contributed by atoms with Crippen LogP contribution in [-0.4, -0.2) is 57.1 Å². The van der Waals surface area contributed by atoms with Crippen molar-refractivity contribution in [2.75, 3.05) is 49.1 Å². The third kappa shape index (κ3) is 4.45. The molecule has 0 saturated carbocycles. The number of anilines is 2. The zero-order valence-corrected chi connectivity index (χ0v) is 20.6. The van der Waals surface area contributed by atoms with E-state index in [0.717, 1.165) is 5.69 Å². The molecule has 1 N–H and O–H groups in total. The average Bonchev–Trinajstić information content (AvgIpc) is 3.05. The number of nitrogens with one attached hydrogen (secondary N) is 1. The molecular weight excluding hydrogens is 460 g/mol. The van der Waals surface area contributed by atoms with E-state index in [1.54, 1.807) is 26.2 Å². The van der Waals surface area contributed by atoms with Gasteiger partial charge in [0.1, 0.15) is 11.5 Å². The fraction of sp³-hybridized carbons (Fsp3) is 0.435. The molecule has 34 heavy (non-hydrogen) atoms. The number of fused-ring (bicyclic) bond motifs is 1. The van der Waals surface area contributed by atoms with E-state index in [2.05, 4.69) is 9.62 Å². The number of morpholine rings is 1. The number of aryl methyl sites for hydroxylation is 2. The Morgan fingerprint density at radius 1 is 0.941 bits per heavy atom. The van der Waals surface area contributed by atoms with Crippen molar-refractivity contribution >= 4 is 32.4 Å². The third-order valence-corrected chi connectivity index (χ3v) is 7.17. The van der Waals surface area contributed by atoms with Crippen LogP contribution >= 0.6 is 0 Å². The highest BCUT2D eigenvalue weighted by atomic mass is 32.2. The number of hydrogen-bond donors (Lipinski definition) is 1. The van der Waals surface area contributed by atoms with Crippen molar-refractivity contribution in [1.82, 2.24) is 9.13 Å². The summed E-state index contributed by atoms with van der Waals surface area (Å²) >= 11 is 0. The van der Waals surface area contributed by atoms with Crippen molar-refractivity contribution in [2.45, 2.75) is 18.7 Å². The highest BCUT2D eigenvalue weighted by Crippen LogP contribution is 2.40. The molecule has 1 aromatic heterocycles. The monoisotopic (exact) mass is 490 g/mol. The van der Waals surface area contributed by atoms with Crippen LogP contribution in [0.2, 0.25) is 0 Å². The number of hydrogen-bond acceptors (Lipinski definition) is 7. The zero-order valence-electron chi connectivity index (χ0n) is 19.8. The standard InChI is InChI=1S/C23H30N4O6S/c1-5-32-21-15-20(27-9-11-31-12-10-27)22(33-6-2)14-17(21)24-34(29,30)16-7-8-18-19(13-16)26(4)23(28)25(18)3/h7-8,13-15,24H,5-6,9-12H2,1-4H3. The Hall–Kier alpha value is -3.18. The predicted molar refractivity (Wildman–Crippen MR) is 131 cm³/mol. The number of ether oxygens (including phenoxy) is 3. The summed E-state index contributed by atoms with van der Waals surface area (Å²) in [7, 11) is -0.718. The molecule has 1 saturated heterocycles. The second-order valence-corrected chi connectivity index (χ2v) is 9.62. The van der Waals surface area contributed by atoms with Gasteiger partial charge in [-0.05, 0) is 32.0 Å². The van der Waals surface area contributed by atoms with Crippen molar-refractivity contribution in [3.63, 3.8) is 0 Å². The molecule has 2 aromatic carbocycles. The van der Waals surface area contributed by atoms with Crippen LogP contribution in [0.1, 0.15) is 13.8 Å². The van der Waals surface area contributed by atoms with Gasteiger partial charge < -0.3 is 19.1 Å². The first-order chi connectivity index (χ1) is 16.3. The molecule has 4 rings (SSSR count). The Balaban J connectivity index is 1.75.